The number of nitrogens with one attached hydrogen (secondary N) is 1. The SMILES string of the molecule is CC(NC1CCc2ccccc21)c1ccc(C(=O)O)o1. The van der Waals surface area contributed by atoms with Gasteiger partial charge in [0.2, 0.25) is 5.76 Å². The molecule has 4 heteroatoms. The number of furan rings is 1. The van der Waals surface area contributed by atoms with Crippen molar-refractivity contribution in [1.29, 1.82) is 0 Å². The molecule has 0 radical (unpaired) electrons. The topological polar surface area (TPSA) is 62.5 Å². The molecule has 2 atom stereocenters. The van der Waals surface area contributed by atoms with Gasteiger partial charge in [0.25, 0.3) is 0 Å². The molecule has 104 valence electrons. The van der Waals surface area contributed by atoms with Crippen LogP contribution < -0.4 is 5.32 Å². The van der Waals surface area contributed by atoms with Crippen molar-refractivity contribution < 1.29 is 14.3 Å². The van der Waals surface area contributed by atoms with Crippen LogP contribution in [0.1, 0.15) is 52.9 Å². The Morgan fingerprint density at radius 3 is 2.90 bits per heavy atom. The van der Waals surface area contributed by atoms with Crippen molar-refractivity contribution in [3.8, 4) is 0 Å². The number of carboxylic acid groups (broad SMARTS) is 1. The normalized spacial score (nSPS) is 18.8. The molecule has 0 aliphatic heterocycles. The van der Waals surface area contributed by atoms with E-state index in [4.69, 9.17) is 9.52 Å². The maximum Gasteiger partial charge on any atom is 0.371 e. The van der Waals surface area contributed by atoms with E-state index in [1.807, 2.05) is 6.92 Å². The molecule has 0 fully saturated rings. The number of hydrogen-bond donors (Lipinski definition) is 2. The molecule has 1 aromatic heterocycles. The third-order valence-electron chi connectivity index (χ3n) is 3.85. The summed E-state index contributed by atoms with van der Waals surface area (Å²) in [5.74, 6) is -0.387. The van der Waals surface area contributed by atoms with Gasteiger partial charge in [0.05, 0.1) is 6.04 Å². The third-order valence-corrected chi connectivity index (χ3v) is 3.85. The van der Waals surface area contributed by atoms with Crippen molar-refractivity contribution in [2.45, 2.75) is 31.8 Å². The zero-order chi connectivity index (χ0) is 14.1. The summed E-state index contributed by atoms with van der Waals surface area (Å²) in [7, 11) is 0. The van der Waals surface area contributed by atoms with Crippen LogP contribution in [0.15, 0.2) is 40.8 Å². The molecule has 2 N–H and O–H groups in total. The Labute approximate surface area is 117 Å². The van der Waals surface area contributed by atoms with Crippen LogP contribution in [-0.4, -0.2) is 11.1 Å². The number of hydrogen-bond acceptors (Lipinski definition) is 3. The fraction of sp³-hybridized carbons (Fsp3) is 0.312. The van der Waals surface area contributed by atoms with Crippen molar-refractivity contribution in [3.05, 3.63) is 59.0 Å². The quantitative estimate of drug-likeness (QED) is 0.895. The third kappa shape index (κ3) is 2.34. The van der Waals surface area contributed by atoms with E-state index in [0.29, 0.717) is 11.8 Å². The van der Waals surface area contributed by atoms with E-state index in [2.05, 4.69) is 29.6 Å². The molecule has 1 heterocycles. The first kappa shape index (κ1) is 12.9. The lowest BCUT2D eigenvalue weighted by atomic mass is 10.1. The number of fused-ring (bicyclic) bond motifs is 1. The molecule has 2 unspecified atom stereocenters. The molecule has 1 aliphatic rings. The lowest BCUT2D eigenvalue weighted by Crippen LogP contribution is -2.22. The van der Waals surface area contributed by atoms with Gasteiger partial charge in [0.15, 0.2) is 0 Å². The molecule has 0 spiro atoms. The van der Waals surface area contributed by atoms with E-state index in [0.717, 1.165) is 12.8 Å². The van der Waals surface area contributed by atoms with Crippen molar-refractivity contribution in [2.75, 3.05) is 0 Å². The van der Waals surface area contributed by atoms with E-state index >= 15 is 0 Å². The van der Waals surface area contributed by atoms with Crippen molar-refractivity contribution in [1.82, 2.24) is 5.32 Å². The van der Waals surface area contributed by atoms with E-state index in [1.54, 1.807) is 6.07 Å². The Morgan fingerprint density at radius 2 is 2.15 bits per heavy atom. The summed E-state index contributed by atoms with van der Waals surface area (Å²) in [6, 6.07) is 11.9. The average Bonchev–Trinajstić information content (AvgIpc) is 3.06. The molecule has 20 heavy (non-hydrogen) atoms. The minimum Gasteiger partial charge on any atom is -0.475 e. The van der Waals surface area contributed by atoms with E-state index in [1.165, 1.54) is 17.2 Å². The zero-order valence-electron chi connectivity index (χ0n) is 11.3. The van der Waals surface area contributed by atoms with Crippen LogP contribution in [0.4, 0.5) is 0 Å². The van der Waals surface area contributed by atoms with Gasteiger partial charge in [0, 0.05) is 6.04 Å². The van der Waals surface area contributed by atoms with Crippen molar-refractivity contribution in [2.24, 2.45) is 0 Å². The summed E-state index contributed by atoms with van der Waals surface area (Å²) < 4.78 is 5.34. The monoisotopic (exact) mass is 271 g/mol. The molecule has 4 nitrogen and oxygen atoms in total. The standard InChI is InChI=1S/C16H17NO3/c1-10(14-8-9-15(20-14)16(18)19)17-13-7-6-11-4-2-3-5-12(11)13/h2-5,8-10,13,17H,6-7H2,1H3,(H,18,19). The summed E-state index contributed by atoms with van der Waals surface area (Å²) in [6.07, 6.45) is 2.15. The molecule has 1 aliphatic carbocycles. The highest BCUT2D eigenvalue weighted by Crippen LogP contribution is 2.32. The van der Waals surface area contributed by atoms with E-state index in [9.17, 15) is 4.79 Å². The number of aromatic carboxylic acids is 1. The van der Waals surface area contributed by atoms with Crippen LogP contribution in [0, 0.1) is 0 Å². The van der Waals surface area contributed by atoms with Gasteiger partial charge in [-0.05, 0) is 43.0 Å². The average molecular weight is 271 g/mol. The molecule has 0 amide bonds. The summed E-state index contributed by atoms with van der Waals surface area (Å²) in [5.41, 5.74) is 2.73. The largest absolute Gasteiger partial charge is 0.475 e. The lowest BCUT2D eigenvalue weighted by molar-refractivity contribution is 0.0659. The van der Waals surface area contributed by atoms with Crippen molar-refractivity contribution in [3.63, 3.8) is 0 Å². The van der Waals surface area contributed by atoms with Crippen LogP contribution in [-0.2, 0) is 6.42 Å². The molecule has 0 saturated carbocycles. The fourth-order valence-electron chi connectivity index (χ4n) is 2.81. The second-order valence-electron chi connectivity index (χ2n) is 5.19. The highest BCUT2D eigenvalue weighted by molar-refractivity contribution is 5.84. The number of carbonyl (C=O) groups is 1. The minimum atomic E-state index is -1.03. The number of carboxylic acids is 1. The van der Waals surface area contributed by atoms with Gasteiger partial charge >= 0.3 is 5.97 Å². The van der Waals surface area contributed by atoms with E-state index in [-0.39, 0.29) is 11.8 Å². The molecule has 2 aromatic rings. The van der Waals surface area contributed by atoms with Gasteiger partial charge in [-0.2, -0.15) is 0 Å². The first-order valence-electron chi connectivity index (χ1n) is 6.82. The molecular formula is C16H17NO3. The Hall–Kier alpha value is -2.07. The predicted molar refractivity (Wildman–Crippen MR) is 74.7 cm³/mol. The first-order valence-corrected chi connectivity index (χ1v) is 6.82. The fourth-order valence-corrected chi connectivity index (χ4v) is 2.81. The second-order valence-corrected chi connectivity index (χ2v) is 5.19. The summed E-state index contributed by atoms with van der Waals surface area (Å²) in [5, 5.41) is 12.4. The van der Waals surface area contributed by atoms with Crippen LogP contribution in [0.5, 0.6) is 0 Å². The summed E-state index contributed by atoms with van der Waals surface area (Å²) in [4.78, 5) is 10.8. The zero-order valence-corrected chi connectivity index (χ0v) is 11.3. The van der Waals surface area contributed by atoms with Gasteiger partial charge in [-0.1, -0.05) is 24.3 Å². The Morgan fingerprint density at radius 1 is 1.35 bits per heavy atom. The highest BCUT2D eigenvalue weighted by Gasteiger charge is 2.24. The summed E-state index contributed by atoms with van der Waals surface area (Å²) >= 11 is 0. The van der Waals surface area contributed by atoms with Gasteiger partial charge in [-0.25, -0.2) is 4.79 Å². The Balaban J connectivity index is 1.73. The Bertz CT molecular complexity index is 632. The molecular weight excluding hydrogens is 254 g/mol. The van der Waals surface area contributed by atoms with Gasteiger partial charge in [-0.3, -0.25) is 0 Å². The van der Waals surface area contributed by atoms with Gasteiger partial charge in [-0.15, -0.1) is 0 Å². The smallest absolute Gasteiger partial charge is 0.371 e. The van der Waals surface area contributed by atoms with Crippen molar-refractivity contribution >= 4 is 5.97 Å². The molecule has 1 aromatic carbocycles. The first-order chi connectivity index (χ1) is 9.65. The number of rotatable bonds is 4. The number of aryl methyl sites for hydroxylation is 1. The molecule has 3 rings (SSSR count). The van der Waals surface area contributed by atoms with Crippen LogP contribution in [0.3, 0.4) is 0 Å². The highest BCUT2D eigenvalue weighted by atomic mass is 16.4. The van der Waals surface area contributed by atoms with Crippen LogP contribution in [0.25, 0.3) is 0 Å². The van der Waals surface area contributed by atoms with Crippen LogP contribution in [0.2, 0.25) is 0 Å². The van der Waals surface area contributed by atoms with Crippen LogP contribution >= 0.6 is 0 Å². The number of benzene rings is 1. The maximum absolute atomic E-state index is 10.8. The van der Waals surface area contributed by atoms with Gasteiger partial charge in [0.1, 0.15) is 5.76 Å². The maximum atomic E-state index is 10.8. The molecule has 0 saturated heterocycles. The molecule has 0 bridgehead atoms. The Kier molecular flexibility index (Phi) is 3.32. The predicted octanol–water partition coefficient (Wildman–Crippen LogP) is 3.32. The second kappa shape index (κ2) is 5.13. The van der Waals surface area contributed by atoms with E-state index < -0.39 is 5.97 Å². The van der Waals surface area contributed by atoms with Gasteiger partial charge < -0.3 is 14.8 Å². The lowest BCUT2D eigenvalue weighted by Gasteiger charge is -2.18. The summed E-state index contributed by atoms with van der Waals surface area (Å²) in [6.45, 7) is 1.99. The minimum absolute atomic E-state index is 0.0135.